The third-order valence-electron chi connectivity index (χ3n) is 4.95. The zero-order valence-electron chi connectivity index (χ0n) is 13.4. The maximum Gasteiger partial charge on any atom is 0.273 e. The summed E-state index contributed by atoms with van der Waals surface area (Å²) in [7, 11) is 0. The smallest absolute Gasteiger partial charge is 0.273 e. The van der Waals surface area contributed by atoms with Crippen molar-refractivity contribution in [3.05, 3.63) is 47.9 Å². The van der Waals surface area contributed by atoms with Crippen LogP contribution in [-0.2, 0) is 6.42 Å². The lowest BCUT2D eigenvalue weighted by atomic mass is 9.76. The Morgan fingerprint density at radius 2 is 2.17 bits per heavy atom. The van der Waals surface area contributed by atoms with E-state index >= 15 is 0 Å². The highest BCUT2D eigenvalue weighted by atomic mass is 16.3. The van der Waals surface area contributed by atoms with Gasteiger partial charge in [0.25, 0.3) is 5.91 Å². The van der Waals surface area contributed by atoms with Crippen LogP contribution >= 0.6 is 0 Å². The van der Waals surface area contributed by atoms with E-state index in [4.69, 9.17) is 4.42 Å². The number of nitrogens with one attached hydrogen (secondary N) is 1. The molecule has 0 aliphatic heterocycles. The quantitative estimate of drug-likeness (QED) is 0.848. The van der Waals surface area contributed by atoms with Crippen LogP contribution in [0.4, 0.5) is 0 Å². The molecule has 0 saturated heterocycles. The molecule has 126 valence electrons. The van der Waals surface area contributed by atoms with E-state index in [1.165, 1.54) is 6.39 Å². The van der Waals surface area contributed by atoms with E-state index in [0.29, 0.717) is 36.6 Å². The Hall–Kier alpha value is -2.21. The molecule has 0 radical (unpaired) electrons. The SMILES string of the molecule is O=C(N[C@H](Cc1ccccn1)C1CC(O)C1)c1ncoc1C1CC1. The molecule has 2 aromatic heterocycles. The van der Waals surface area contributed by atoms with Crippen molar-refractivity contribution >= 4 is 5.91 Å². The molecule has 6 heteroatoms. The van der Waals surface area contributed by atoms with Gasteiger partial charge in [0.1, 0.15) is 5.76 Å². The zero-order chi connectivity index (χ0) is 16.5. The molecule has 2 fully saturated rings. The molecule has 2 aliphatic carbocycles. The van der Waals surface area contributed by atoms with Crippen molar-refractivity contribution < 1.29 is 14.3 Å². The van der Waals surface area contributed by atoms with Gasteiger partial charge in [-0.3, -0.25) is 9.78 Å². The van der Waals surface area contributed by atoms with E-state index in [2.05, 4.69) is 15.3 Å². The number of hydrogen-bond acceptors (Lipinski definition) is 5. The molecule has 4 rings (SSSR count). The highest BCUT2D eigenvalue weighted by Crippen LogP contribution is 2.41. The lowest BCUT2D eigenvalue weighted by molar-refractivity contribution is 0.0237. The van der Waals surface area contributed by atoms with Crippen LogP contribution in [0, 0.1) is 5.92 Å². The number of aliphatic hydroxyl groups is 1. The molecule has 2 heterocycles. The van der Waals surface area contributed by atoms with Gasteiger partial charge in [-0.05, 0) is 43.7 Å². The fourth-order valence-corrected chi connectivity index (χ4v) is 3.34. The molecule has 2 aromatic rings. The van der Waals surface area contributed by atoms with E-state index in [-0.39, 0.29) is 24.0 Å². The molecule has 6 nitrogen and oxygen atoms in total. The second-order valence-electron chi connectivity index (χ2n) is 6.83. The van der Waals surface area contributed by atoms with Crippen LogP contribution in [0.15, 0.2) is 35.2 Å². The average molecular weight is 327 g/mol. The first-order chi connectivity index (χ1) is 11.7. The van der Waals surface area contributed by atoms with Gasteiger partial charge in [-0.15, -0.1) is 0 Å². The molecule has 2 N–H and O–H groups in total. The molecule has 1 atom stereocenters. The topological polar surface area (TPSA) is 88.2 Å². The van der Waals surface area contributed by atoms with Crippen LogP contribution in [0.25, 0.3) is 0 Å². The van der Waals surface area contributed by atoms with Gasteiger partial charge in [-0.25, -0.2) is 4.98 Å². The third kappa shape index (κ3) is 3.19. The van der Waals surface area contributed by atoms with Crippen LogP contribution in [0.2, 0.25) is 0 Å². The van der Waals surface area contributed by atoms with E-state index < -0.39 is 0 Å². The zero-order valence-corrected chi connectivity index (χ0v) is 13.4. The number of carbonyl (C=O) groups excluding carboxylic acids is 1. The first-order valence-corrected chi connectivity index (χ1v) is 8.53. The average Bonchev–Trinajstić information content (AvgIpc) is 3.29. The Labute approximate surface area is 140 Å². The predicted molar refractivity (Wildman–Crippen MR) is 86.4 cm³/mol. The lowest BCUT2D eigenvalue weighted by Gasteiger charge is -2.38. The maximum absolute atomic E-state index is 12.7. The van der Waals surface area contributed by atoms with E-state index in [1.54, 1.807) is 6.20 Å². The number of oxazole rings is 1. The number of aromatic nitrogens is 2. The van der Waals surface area contributed by atoms with Gasteiger partial charge in [0.15, 0.2) is 12.1 Å². The van der Waals surface area contributed by atoms with Crippen molar-refractivity contribution in [3.8, 4) is 0 Å². The molecule has 0 unspecified atom stereocenters. The Morgan fingerprint density at radius 1 is 1.33 bits per heavy atom. The van der Waals surface area contributed by atoms with Crippen LogP contribution < -0.4 is 5.32 Å². The summed E-state index contributed by atoms with van der Waals surface area (Å²) < 4.78 is 5.40. The van der Waals surface area contributed by atoms with Crippen molar-refractivity contribution in [1.82, 2.24) is 15.3 Å². The van der Waals surface area contributed by atoms with Gasteiger partial charge >= 0.3 is 0 Å². The molecule has 0 aromatic carbocycles. The number of nitrogens with zero attached hydrogens (tertiary/aromatic N) is 2. The minimum atomic E-state index is -0.257. The molecular weight excluding hydrogens is 306 g/mol. The van der Waals surface area contributed by atoms with Crippen LogP contribution in [-0.4, -0.2) is 33.1 Å². The Balaban J connectivity index is 1.48. The van der Waals surface area contributed by atoms with Gasteiger partial charge in [-0.1, -0.05) is 6.07 Å². The summed E-state index contributed by atoms with van der Waals surface area (Å²) in [6.07, 6.45) is 7.05. The van der Waals surface area contributed by atoms with Crippen molar-refractivity contribution in [2.45, 2.75) is 50.2 Å². The Bertz CT molecular complexity index is 705. The number of aliphatic hydroxyl groups excluding tert-OH is 1. The molecule has 2 saturated carbocycles. The second kappa shape index (κ2) is 6.36. The summed E-state index contributed by atoms with van der Waals surface area (Å²) >= 11 is 0. The number of carbonyl (C=O) groups is 1. The van der Waals surface area contributed by atoms with Crippen molar-refractivity contribution in [3.63, 3.8) is 0 Å². The lowest BCUT2D eigenvalue weighted by Crippen LogP contribution is -2.48. The summed E-state index contributed by atoms with van der Waals surface area (Å²) in [6, 6.07) is 5.72. The van der Waals surface area contributed by atoms with Crippen molar-refractivity contribution in [2.24, 2.45) is 5.92 Å². The molecule has 2 aliphatic rings. The summed E-state index contributed by atoms with van der Waals surface area (Å²) in [6.45, 7) is 0. The van der Waals surface area contributed by atoms with Gasteiger partial charge in [0.05, 0.1) is 6.10 Å². The van der Waals surface area contributed by atoms with Gasteiger partial charge in [-0.2, -0.15) is 0 Å². The summed E-state index contributed by atoms with van der Waals surface area (Å²) in [5, 5.41) is 12.7. The first kappa shape index (κ1) is 15.3. The van der Waals surface area contributed by atoms with Crippen molar-refractivity contribution in [2.75, 3.05) is 0 Å². The summed E-state index contributed by atoms with van der Waals surface area (Å²) in [4.78, 5) is 21.1. The molecule has 0 spiro atoms. The summed E-state index contributed by atoms with van der Waals surface area (Å²) in [5.41, 5.74) is 1.34. The fourth-order valence-electron chi connectivity index (χ4n) is 3.34. The summed E-state index contributed by atoms with van der Waals surface area (Å²) in [5.74, 6) is 1.13. The fraction of sp³-hybridized carbons (Fsp3) is 0.500. The monoisotopic (exact) mass is 327 g/mol. The molecule has 0 bridgehead atoms. The van der Waals surface area contributed by atoms with Gasteiger partial charge in [0, 0.05) is 30.3 Å². The van der Waals surface area contributed by atoms with Crippen molar-refractivity contribution in [1.29, 1.82) is 0 Å². The molecular formula is C18H21N3O3. The number of pyridine rings is 1. The van der Waals surface area contributed by atoms with E-state index in [0.717, 1.165) is 18.5 Å². The van der Waals surface area contributed by atoms with Crippen LogP contribution in [0.5, 0.6) is 0 Å². The molecule has 1 amide bonds. The minimum absolute atomic E-state index is 0.0560. The third-order valence-corrected chi connectivity index (χ3v) is 4.95. The molecule has 24 heavy (non-hydrogen) atoms. The van der Waals surface area contributed by atoms with Crippen LogP contribution in [0.1, 0.15) is 53.5 Å². The van der Waals surface area contributed by atoms with E-state index in [1.807, 2.05) is 18.2 Å². The highest BCUT2D eigenvalue weighted by molar-refractivity contribution is 5.93. The van der Waals surface area contributed by atoms with Gasteiger partial charge < -0.3 is 14.8 Å². The number of amides is 1. The van der Waals surface area contributed by atoms with E-state index in [9.17, 15) is 9.90 Å². The first-order valence-electron chi connectivity index (χ1n) is 8.53. The normalized spacial score (nSPS) is 24.2. The van der Waals surface area contributed by atoms with Crippen LogP contribution in [0.3, 0.4) is 0 Å². The Morgan fingerprint density at radius 3 is 2.83 bits per heavy atom. The maximum atomic E-state index is 12.7. The predicted octanol–water partition coefficient (Wildman–Crippen LogP) is 2.06. The number of rotatable bonds is 6. The number of hydrogen-bond donors (Lipinski definition) is 2. The highest BCUT2D eigenvalue weighted by Gasteiger charge is 2.37. The largest absolute Gasteiger partial charge is 0.447 e. The van der Waals surface area contributed by atoms with Gasteiger partial charge in [0.2, 0.25) is 0 Å². The minimum Gasteiger partial charge on any atom is -0.447 e. The second-order valence-corrected chi connectivity index (χ2v) is 6.83. The standard InChI is InChI=1S/C18H21N3O3/c22-14-7-12(8-14)15(9-13-3-1-2-6-19-13)21-18(23)16-17(11-4-5-11)24-10-20-16/h1-3,6,10-12,14-15,22H,4-5,7-9H2,(H,21,23)/t12?,14?,15-/m1/s1. The Kier molecular flexibility index (Phi) is 4.06.